The molecule has 25 heavy (non-hydrogen) atoms. The molecule has 1 saturated heterocycles. The third-order valence-corrected chi connectivity index (χ3v) is 5.56. The Kier molecular flexibility index (Phi) is 2.82. The standard InChI is InChI=1S/C20H19NO4/c1-20(10-24-20)16-8-12-14(25-16)9-15(23-3)17-18(12)21(2)13-7-5-4-6-11(13)19(17)22/h4-7,9,16H,8,10H2,1-3H3/t16-,20?/m1/s1. The van der Waals surface area contributed by atoms with Crippen molar-refractivity contribution in [1.82, 2.24) is 4.57 Å². The average molecular weight is 337 g/mol. The monoisotopic (exact) mass is 337 g/mol. The number of benzene rings is 2. The number of nitrogens with zero attached hydrogens (tertiary/aromatic N) is 1. The van der Waals surface area contributed by atoms with Crippen LogP contribution in [0.3, 0.4) is 0 Å². The van der Waals surface area contributed by atoms with Gasteiger partial charge in [0.25, 0.3) is 0 Å². The highest BCUT2D eigenvalue weighted by atomic mass is 16.6. The molecule has 1 aromatic heterocycles. The normalized spacial score (nSPS) is 24.4. The Bertz CT molecular complexity index is 1090. The molecule has 2 aliphatic heterocycles. The van der Waals surface area contributed by atoms with Crippen molar-refractivity contribution in [2.45, 2.75) is 25.0 Å². The van der Waals surface area contributed by atoms with Gasteiger partial charge in [-0.3, -0.25) is 4.79 Å². The van der Waals surface area contributed by atoms with Crippen LogP contribution in [-0.2, 0) is 18.2 Å². The van der Waals surface area contributed by atoms with Gasteiger partial charge in [0.05, 0.1) is 30.1 Å². The predicted molar refractivity (Wildman–Crippen MR) is 95.7 cm³/mol. The summed E-state index contributed by atoms with van der Waals surface area (Å²) in [7, 11) is 3.58. The zero-order valence-electron chi connectivity index (χ0n) is 14.5. The third-order valence-electron chi connectivity index (χ3n) is 5.56. The Labute approximate surface area is 144 Å². The fourth-order valence-electron chi connectivity index (χ4n) is 3.95. The summed E-state index contributed by atoms with van der Waals surface area (Å²) < 4.78 is 19.4. The minimum Gasteiger partial charge on any atom is -0.496 e. The van der Waals surface area contributed by atoms with E-state index >= 15 is 0 Å². The molecular formula is C20H19NO4. The number of ether oxygens (including phenoxy) is 3. The number of methoxy groups -OCH3 is 1. The second kappa shape index (κ2) is 4.76. The Morgan fingerprint density at radius 3 is 2.80 bits per heavy atom. The van der Waals surface area contributed by atoms with E-state index in [0.29, 0.717) is 23.1 Å². The minimum absolute atomic E-state index is 0.000633. The first-order valence-corrected chi connectivity index (χ1v) is 8.45. The van der Waals surface area contributed by atoms with Crippen molar-refractivity contribution in [2.24, 2.45) is 7.05 Å². The zero-order valence-corrected chi connectivity index (χ0v) is 14.5. The Hall–Kier alpha value is -2.53. The second-order valence-corrected chi connectivity index (χ2v) is 7.10. The van der Waals surface area contributed by atoms with E-state index in [1.54, 1.807) is 7.11 Å². The van der Waals surface area contributed by atoms with Crippen molar-refractivity contribution in [3.63, 3.8) is 0 Å². The van der Waals surface area contributed by atoms with Crippen molar-refractivity contribution in [1.29, 1.82) is 0 Å². The fourth-order valence-corrected chi connectivity index (χ4v) is 3.95. The first kappa shape index (κ1) is 14.8. The molecule has 0 N–H and O–H groups in total. The number of aryl methyl sites for hydroxylation is 1. The van der Waals surface area contributed by atoms with Crippen LogP contribution in [-0.4, -0.2) is 30.0 Å². The van der Waals surface area contributed by atoms with Crippen LogP contribution in [0, 0.1) is 0 Å². The molecule has 0 saturated carbocycles. The molecule has 5 rings (SSSR count). The lowest BCUT2D eigenvalue weighted by Crippen LogP contribution is -2.30. The van der Waals surface area contributed by atoms with Crippen LogP contribution in [0.4, 0.5) is 0 Å². The van der Waals surface area contributed by atoms with E-state index in [2.05, 4.69) is 11.5 Å². The summed E-state index contributed by atoms with van der Waals surface area (Å²) in [6.07, 6.45) is 0.706. The van der Waals surface area contributed by atoms with Crippen LogP contribution in [0.1, 0.15) is 12.5 Å². The molecule has 0 bridgehead atoms. The minimum atomic E-state index is -0.228. The smallest absolute Gasteiger partial charge is 0.200 e. The summed E-state index contributed by atoms with van der Waals surface area (Å²) >= 11 is 0. The van der Waals surface area contributed by atoms with Gasteiger partial charge in [-0.1, -0.05) is 12.1 Å². The Morgan fingerprint density at radius 2 is 2.08 bits per heavy atom. The fraction of sp³-hybridized carbons (Fsp3) is 0.350. The molecule has 5 nitrogen and oxygen atoms in total. The van der Waals surface area contributed by atoms with Crippen molar-refractivity contribution in [3.05, 3.63) is 46.1 Å². The van der Waals surface area contributed by atoms with Gasteiger partial charge in [0.2, 0.25) is 5.43 Å². The molecule has 0 aliphatic carbocycles. The van der Waals surface area contributed by atoms with E-state index < -0.39 is 0 Å². The van der Waals surface area contributed by atoms with Gasteiger partial charge >= 0.3 is 0 Å². The Morgan fingerprint density at radius 1 is 1.32 bits per heavy atom. The maximum atomic E-state index is 13.2. The molecule has 2 atom stereocenters. The van der Waals surface area contributed by atoms with Crippen molar-refractivity contribution in [3.8, 4) is 11.5 Å². The highest BCUT2D eigenvalue weighted by Gasteiger charge is 2.51. The van der Waals surface area contributed by atoms with Gasteiger partial charge in [-0.2, -0.15) is 0 Å². The van der Waals surface area contributed by atoms with Gasteiger partial charge in [-0.25, -0.2) is 0 Å². The molecule has 2 aliphatic rings. The van der Waals surface area contributed by atoms with Crippen molar-refractivity contribution >= 4 is 21.8 Å². The second-order valence-electron chi connectivity index (χ2n) is 7.10. The van der Waals surface area contributed by atoms with Crippen molar-refractivity contribution in [2.75, 3.05) is 13.7 Å². The molecule has 1 fully saturated rings. The lowest BCUT2D eigenvalue weighted by Gasteiger charge is -2.15. The summed E-state index contributed by atoms with van der Waals surface area (Å²) in [4.78, 5) is 13.2. The molecule has 2 aromatic carbocycles. The van der Waals surface area contributed by atoms with Gasteiger partial charge in [0.1, 0.15) is 23.2 Å². The van der Waals surface area contributed by atoms with Crippen LogP contribution in [0.5, 0.6) is 11.5 Å². The molecule has 0 radical (unpaired) electrons. The number of para-hydroxylation sites is 1. The maximum absolute atomic E-state index is 13.2. The van der Waals surface area contributed by atoms with Crippen LogP contribution >= 0.6 is 0 Å². The van der Waals surface area contributed by atoms with Crippen LogP contribution in [0.2, 0.25) is 0 Å². The highest BCUT2D eigenvalue weighted by molar-refractivity contribution is 5.99. The van der Waals surface area contributed by atoms with Crippen molar-refractivity contribution < 1.29 is 14.2 Å². The number of fused-ring (bicyclic) bond motifs is 4. The van der Waals surface area contributed by atoms with Crippen LogP contribution in [0.25, 0.3) is 21.8 Å². The van der Waals surface area contributed by atoms with Gasteiger partial charge in [-0.05, 0) is 19.1 Å². The number of hydrogen-bond donors (Lipinski definition) is 0. The molecule has 3 heterocycles. The first-order valence-electron chi connectivity index (χ1n) is 8.45. The van der Waals surface area contributed by atoms with E-state index in [0.717, 1.165) is 28.8 Å². The van der Waals surface area contributed by atoms with Gasteiger partial charge < -0.3 is 18.8 Å². The SMILES string of the molecule is COc1cc2c(c3c1c(=O)c1ccccc1n3C)C[C@H](C1(C)CO1)O2. The topological polar surface area (TPSA) is 53.0 Å². The predicted octanol–water partition coefficient (Wildman–Crippen LogP) is 2.79. The zero-order chi connectivity index (χ0) is 17.3. The summed E-state index contributed by atoms with van der Waals surface area (Å²) in [5.41, 5.74) is 2.63. The third kappa shape index (κ3) is 1.90. The van der Waals surface area contributed by atoms with E-state index in [1.165, 1.54) is 0 Å². The molecule has 0 spiro atoms. The molecule has 3 aromatic rings. The number of pyridine rings is 1. The van der Waals surface area contributed by atoms with Gasteiger partial charge in [0, 0.05) is 30.5 Å². The largest absolute Gasteiger partial charge is 0.496 e. The number of epoxide rings is 1. The lowest BCUT2D eigenvalue weighted by atomic mass is 9.97. The first-order chi connectivity index (χ1) is 12.0. The number of hydrogen-bond acceptors (Lipinski definition) is 4. The van der Waals surface area contributed by atoms with Crippen LogP contribution < -0.4 is 14.9 Å². The molecule has 128 valence electrons. The number of aromatic nitrogens is 1. The quantitative estimate of drug-likeness (QED) is 0.533. The van der Waals surface area contributed by atoms with E-state index in [9.17, 15) is 4.79 Å². The molecular weight excluding hydrogens is 318 g/mol. The lowest BCUT2D eigenvalue weighted by molar-refractivity contribution is 0.127. The maximum Gasteiger partial charge on any atom is 0.200 e. The molecule has 5 heteroatoms. The van der Waals surface area contributed by atoms with E-state index in [-0.39, 0.29) is 17.1 Å². The van der Waals surface area contributed by atoms with Gasteiger partial charge in [0.15, 0.2) is 0 Å². The summed E-state index contributed by atoms with van der Waals surface area (Å²) in [5, 5.41) is 1.32. The molecule has 0 amide bonds. The van der Waals surface area contributed by atoms with E-state index in [1.807, 2.05) is 37.4 Å². The van der Waals surface area contributed by atoms with Crippen LogP contribution in [0.15, 0.2) is 35.1 Å². The van der Waals surface area contributed by atoms with E-state index in [4.69, 9.17) is 14.2 Å². The number of rotatable bonds is 2. The Balaban J connectivity index is 1.89. The van der Waals surface area contributed by atoms with Gasteiger partial charge in [-0.15, -0.1) is 0 Å². The summed E-state index contributed by atoms with van der Waals surface area (Å²) in [5.74, 6) is 1.35. The summed E-state index contributed by atoms with van der Waals surface area (Å²) in [6, 6.07) is 9.52. The molecule has 1 unspecified atom stereocenters. The highest BCUT2D eigenvalue weighted by Crippen LogP contribution is 2.45. The average Bonchev–Trinajstić information content (AvgIpc) is 3.23. The summed E-state index contributed by atoms with van der Waals surface area (Å²) in [6.45, 7) is 2.78.